The maximum absolute atomic E-state index is 13.5. The molecule has 0 aliphatic carbocycles. The second-order valence-corrected chi connectivity index (χ2v) is 12.2. The standard InChI is InChI=1S/C25H27N9O2S.Ni/c1-24(2,3)20-16(14-26)22(31-29-20)30-28-19-21(25(4,5)6)32-34(7)23(19)33-37(35,36)17-12-8-10-15-11-9-13-27-18(15)17;/h8-13H,1-7H3;/q-2;+2. The molecule has 0 aliphatic rings. The normalized spacial score (nSPS) is 12.5. The first-order valence-corrected chi connectivity index (χ1v) is 12.9. The quantitative estimate of drug-likeness (QED) is 0.221. The van der Waals surface area contributed by atoms with Crippen LogP contribution in [-0.2, 0) is 44.4 Å². The second kappa shape index (κ2) is 10.3. The van der Waals surface area contributed by atoms with Gasteiger partial charge in [0.05, 0.1) is 33.1 Å². The fraction of sp³-hybridized carbons (Fsp3) is 0.360. The molecule has 13 heteroatoms. The molecule has 1 aromatic carbocycles. The van der Waals surface area contributed by atoms with E-state index in [1.807, 2.05) is 41.5 Å². The molecule has 0 aliphatic heterocycles. The molecule has 0 atom stereocenters. The van der Waals surface area contributed by atoms with Gasteiger partial charge in [-0.15, -0.1) is 0 Å². The number of hydrogen-bond acceptors (Lipinski definition) is 8. The van der Waals surface area contributed by atoms with E-state index in [1.165, 1.54) is 16.9 Å². The van der Waals surface area contributed by atoms with Gasteiger partial charge in [0, 0.05) is 22.4 Å². The van der Waals surface area contributed by atoms with E-state index in [9.17, 15) is 13.7 Å². The number of azo groups is 1. The SMILES string of the molecule is Cn1nc(C(C)(C)C)c(N=Nc2[n-]nc(C(C)(C)C)c2C#N)c1[N-]S(=O)(=O)c1cccc2cccnc12.[Ni+2]. The van der Waals surface area contributed by atoms with E-state index >= 15 is 0 Å². The summed E-state index contributed by atoms with van der Waals surface area (Å²) in [5.41, 5.74) is 0.742. The molecule has 4 rings (SSSR count). The Labute approximate surface area is 231 Å². The first kappa shape index (κ1) is 28.9. The Morgan fingerprint density at radius 1 is 1.03 bits per heavy atom. The van der Waals surface area contributed by atoms with Crippen LogP contribution in [0.3, 0.4) is 0 Å². The van der Waals surface area contributed by atoms with Gasteiger partial charge in [-0.25, -0.2) is 8.42 Å². The largest absolute Gasteiger partial charge is 2.00 e. The van der Waals surface area contributed by atoms with Gasteiger partial charge in [0.2, 0.25) is 10.0 Å². The Morgan fingerprint density at radius 2 is 1.68 bits per heavy atom. The molecule has 4 aromatic rings. The maximum Gasteiger partial charge on any atom is 2.00 e. The summed E-state index contributed by atoms with van der Waals surface area (Å²) >= 11 is 0. The molecule has 38 heavy (non-hydrogen) atoms. The van der Waals surface area contributed by atoms with Crippen LogP contribution in [0.4, 0.5) is 17.3 Å². The van der Waals surface area contributed by atoms with Crippen LogP contribution in [0, 0.1) is 11.3 Å². The molecule has 0 spiro atoms. The zero-order chi connectivity index (χ0) is 27.2. The van der Waals surface area contributed by atoms with Crippen LogP contribution >= 0.6 is 0 Å². The molecule has 3 heterocycles. The first-order valence-electron chi connectivity index (χ1n) is 11.5. The summed E-state index contributed by atoms with van der Waals surface area (Å²) < 4.78 is 32.4. The molecule has 0 amide bonds. The number of pyridine rings is 1. The molecule has 0 radical (unpaired) electrons. The maximum atomic E-state index is 13.5. The third-order valence-electron chi connectivity index (χ3n) is 5.56. The second-order valence-electron chi connectivity index (χ2n) is 10.6. The fourth-order valence-electron chi connectivity index (χ4n) is 3.75. The van der Waals surface area contributed by atoms with Crippen molar-refractivity contribution in [2.45, 2.75) is 57.3 Å². The van der Waals surface area contributed by atoms with E-state index in [4.69, 9.17) is 0 Å². The van der Waals surface area contributed by atoms with Gasteiger partial charge in [-0.05, 0) is 30.8 Å². The number of aromatic nitrogens is 5. The number of sulfonamides is 1. The molecule has 0 fully saturated rings. The van der Waals surface area contributed by atoms with E-state index < -0.39 is 20.9 Å². The van der Waals surface area contributed by atoms with Crippen molar-refractivity contribution >= 4 is 38.2 Å². The fourth-order valence-corrected chi connectivity index (χ4v) is 4.95. The molecule has 0 bridgehead atoms. The Morgan fingerprint density at radius 3 is 2.32 bits per heavy atom. The average Bonchev–Trinajstić information content (AvgIpc) is 3.37. The molecular formula is C25H27N9NiO2S. The Kier molecular flexibility index (Phi) is 7.82. The predicted octanol–water partition coefficient (Wildman–Crippen LogP) is 5.59. The van der Waals surface area contributed by atoms with E-state index in [0.717, 1.165) is 0 Å². The van der Waals surface area contributed by atoms with E-state index in [1.54, 1.807) is 31.3 Å². The molecule has 11 nitrogen and oxygen atoms in total. The van der Waals surface area contributed by atoms with Gasteiger partial charge in [0.1, 0.15) is 6.07 Å². The van der Waals surface area contributed by atoms with Crippen molar-refractivity contribution in [1.29, 1.82) is 5.26 Å². The summed E-state index contributed by atoms with van der Waals surface area (Å²) in [6.07, 6.45) is 1.53. The van der Waals surface area contributed by atoms with Gasteiger partial charge in [0.15, 0.2) is 0 Å². The molecule has 0 unspecified atom stereocenters. The third kappa shape index (κ3) is 5.47. The van der Waals surface area contributed by atoms with Crippen molar-refractivity contribution in [3.05, 3.63) is 58.2 Å². The van der Waals surface area contributed by atoms with Crippen LogP contribution in [0.1, 0.15) is 58.5 Å². The minimum absolute atomic E-state index is 0. The molecule has 0 N–H and O–H groups in total. The van der Waals surface area contributed by atoms with Gasteiger partial charge in [-0.3, -0.25) is 20.3 Å². The van der Waals surface area contributed by atoms with Gasteiger partial charge >= 0.3 is 16.5 Å². The number of aryl methyl sites for hydroxylation is 1. The van der Waals surface area contributed by atoms with Crippen molar-refractivity contribution in [3.63, 3.8) is 0 Å². The smallest absolute Gasteiger partial charge is 0.377 e. The molecule has 200 valence electrons. The van der Waals surface area contributed by atoms with Crippen molar-refractivity contribution in [1.82, 2.24) is 25.0 Å². The minimum Gasteiger partial charge on any atom is -0.377 e. The Balaban J connectivity index is 0.00000400. The monoisotopic (exact) mass is 575 g/mol. The summed E-state index contributed by atoms with van der Waals surface area (Å²) in [5.74, 6) is 0.0406. The van der Waals surface area contributed by atoms with Gasteiger partial charge in [-0.1, -0.05) is 59.7 Å². The molecule has 0 saturated heterocycles. The van der Waals surface area contributed by atoms with Crippen LogP contribution < -0.4 is 5.10 Å². The topological polar surface area (TPSA) is 154 Å². The summed E-state index contributed by atoms with van der Waals surface area (Å²) in [7, 11) is -2.62. The number of para-hydroxylation sites is 1. The minimum atomic E-state index is -4.21. The first-order chi connectivity index (χ1) is 17.2. The molecule has 0 saturated carbocycles. The van der Waals surface area contributed by atoms with Crippen molar-refractivity contribution in [2.24, 2.45) is 17.3 Å². The number of nitrogens with zero attached hydrogens (tertiary/aromatic N) is 9. The van der Waals surface area contributed by atoms with E-state index in [0.29, 0.717) is 22.3 Å². The predicted molar refractivity (Wildman–Crippen MR) is 139 cm³/mol. The van der Waals surface area contributed by atoms with E-state index in [-0.39, 0.29) is 44.3 Å². The van der Waals surface area contributed by atoms with Crippen LogP contribution in [0.25, 0.3) is 15.6 Å². The summed E-state index contributed by atoms with van der Waals surface area (Å²) in [4.78, 5) is 4.21. The third-order valence-corrected chi connectivity index (χ3v) is 6.85. The van der Waals surface area contributed by atoms with Crippen LogP contribution in [0.5, 0.6) is 0 Å². The van der Waals surface area contributed by atoms with Crippen LogP contribution in [0.2, 0.25) is 0 Å². The Hall–Kier alpha value is -3.62. The van der Waals surface area contributed by atoms with Crippen LogP contribution in [0.15, 0.2) is 51.7 Å². The van der Waals surface area contributed by atoms with Crippen molar-refractivity contribution < 1.29 is 24.9 Å². The number of hydrogen-bond donors (Lipinski definition) is 0. The number of rotatable bonds is 5. The summed E-state index contributed by atoms with van der Waals surface area (Å²) in [6, 6.07) is 10.5. The number of fused-ring (bicyclic) bond motifs is 1. The van der Waals surface area contributed by atoms with Crippen molar-refractivity contribution in [3.8, 4) is 6.07 Å². The molecular weight excluding hydrogens is 549 g/mol. The van der Waals surface area contributed by atoms with E-state index in [2.05, 4.69) is 41.3 Å². The van der Waals surface area contributed by atoms with Gasteiger partial charge < -0.3 is 19.6 Å². The van der Waals surface area contributed by atoms with Gasteiger partial charge in [-0.2, -0.15) is 5.26 Å². The molecule has 3 aromatic heterocycles. The average molecular weight is 576 g/mol. The zero-order valence-electron chi connectivity index (χ0n) is 22.0. The van der Waals surface area contributed by atoms with Gasteiger partial charge in [0.25, 0.3) is 0 Å². The summed E-state index contributed by atoms with van der Waals surface area (Å²) in [6.45, 7) is 11.5. The number of benzene rings is 1. The van der Waals surface area contributed by atoms with Crippen molar-refractivity contribution in [2.75, 3.05) is 0 Å². The zero-order valence-corrected chi connectivity index (χ0v) is 23.8. The number of nitriles is 1. The Bertz CT molecular complexity index is 1660. The van der Waals surface area contributed by atoms with Crippen LogP contribution in [-0.4, -0.2) is 28.3 Å². The summed E-state index contributed by atoms with van der Waals surface area (Å²) in [5, 5.41) is 31.6.